The van der Waals surface area contributed by atoms with Gasteiger partial charge in [-0.1, -0.05) is 72.3 Å². The third-order valence-electron chi connectivity index (χ3n) is 9.61. The molecule has 0 spiro atoms. The summed E-state index contributed by atoms with van der Waals surface area (Å²) in [4.78, 5) is 68.7. The van der Waals surface area contributed by atoms with Crippen molar-refractivity contribution in [1.29, 1.82) is 0 Å². The summed E-state index contributed by atoms with van der Waals surface area (Å²) in [6, 6.07) is 33.8. The van der Waals surface area contributed by atoms with Crippen LogP contribution in [-0.4, -0.2) is 102 Å². The number of hydrogen-bond acceptors (Lipinski definition) is 14. The van der Waals surface area contributed by atoms with Gasteiger partial charge in [0.25, 0.3) is 23.1 Å². The number of aryl methyl sites for hydroxylation is 1. The molecule has 91 heavy (non-hydrogen) atoms. The van der Waals surface area contributed by atoms with Crippen LogP contribution in [0.3, 0.4) is 0 Å². The molecule has 492 valence electrons. The number of nitrogens with zero attached hydrogens (tertiary/aromatic N) is 6. The molecule has 40 heteroatoms. The van der Waals surface area contributed by atoms with Crippen molar-refractivity contribution in [2.24, 2.45) is 0 Å². The van der Waals surface area contributed by atoms with E-state index in [2.05, 4.69) is 19.1 Å². The molecule has 0 unspecified atom stereocenters. The Bertz CT molecular complexity index is 3430. The number of hydrogen-bond donors (Lipinski definition) is 0. The van der Waals surface area contributed by atoms with Gasteiger partial charge in [0, 0.05) is 0 Å². The van der Waals surface area contributed by atoms with Crippen LogP contribution in [0.15, 0.2) is 150 Å². The molecule has 8 rings (SSSR count). The van der Waals surface area contributed by atoms with Gasteiger partial charge in [-0.15, -0.1) is 0 Å². The van der Waals surface area contributed by atoms with Gasteiger partial charge in [-0.25, -0.2) is 29.9 Å². The summed E-state index contributed by atoms with van der Waals surface area (Å²) in [5, 5.41) is 39.3. The number of carbonyl (C=O) groups is 4. The molecule has 0 aliphatic rings. The topological polar surface area (TPSA) is 238 Å². The van der Waals surface area contributed by atoms with E-state index in [0.717, 1.165) is 33.1 Å². The number of benzene rings is 5. The van der Waals surface area contributed by atoms with Gasteiger partial charge >= 0.3 is 83.0 Å². The standard InChI is InChI=1S/C24H12N6.C7H8.4C5H2F6O2.2Co/c1-2-8-14-13(7-1)25-19-20(26-14)22-24(30-18-12-6-5-11-17(18)28-22)23-21(19)27-15-9-3-4-10-16(15)29-23;1-7-5-3-2-4-6-7;4*6-4(7,8)2(12)1-3(13)5(9,10)11;;/h1-12H;2-6H,1H3;4*1,12H;;/q;;;;;;2*+2/p-4/b;;4*2-1-;;. The SMILES string of the molecule is Cc1ccccc1.O=C(/C=C(\[O-])C(F)(F)F)C(F)(F)F.O=C(/C=C(\[O-])C(F)(F)F)C(F)(F)F.O=C(/C=C(\[O-])C(F)(F)F)C(F)(F)F.O=C(/C=C(\[O-])C(F)(F)F)C(F)(F)F.[Co+2].[Co+2].c1ccc2nc3c(nc2c1)c1nc2ccccc2nc1c1nc2ccccc2nc31. The summed E-state index contributed by atoms with van der Waals surface area (Å²) in [5.41, 5.74) is 10.4. The third-order valence-corrected chi connectivity index (χ3v) is 9.61. The number of allylic oxidation sites excluding steroid dienone is 8. The van der Waals surface area contributed by atoms with Crippen molar-refractivity contribution in [3.05, 3.63) is 156 Å². The molecule has 0 atom stereocenters. The summed E-state index contributed by atoms with van der Waals surface area (Å²) in [6.07, 6.45) is -47.8. The monoisotopic (exact) mass is 1420 g/mol. The van der Waals surface area contributed by atoms with Crippen molar-refractivity contribution < 1.29 is 179 Å². The largest absolute Gasteiger partial charge is 2.00 e. The van der Waals surface area contributed by atoms with E-state index in [1.54, 1.807) is 0 Å². The van der Waals surface area contributed by atoms with E-state index in [0.29, 0.717) is 33.1 Å². The third kappa shape index (κ3) is 24.4. The fraction of sp³-hybridized carbons (Fsp3) is 0.176. The second kappa shape index (κ2) is 31.2. The maximum atomic E-state index is 11.3. The van der Waals surface area contributed by atoms with E-state index in [-0.39, 0.29) is 33.6 Å². The van der Waals surface area contributed by atoms with E-state index in [9.17, 15) is 145 Å². The van der Waals surface area contributed by atoms with E-state index in [1.165, 1.54) is 5.56 Å². The first-order valence-electron chi connectivity index (χ1n) is 22.6. The van der Waals surface area contributed by atoms with Gasteiger partial charge in [0.1, 0.15) is 33.1 Å². The number of para-hydroxylation sites is 6. The molecule has 0 aliphatic heterocycles. The van der Waals surface area contributed by atoms with Gasteiger partial charge < -0.3 is 20.4 Å². The van der Waals surface area contributed by atoms with E-state index < -0.39 is 120 Å². The van der Waals surface area contributed by atoms with Crippen LogP contribution in [0, 0.1) is 6.92 Å². The Hall–Kier alpha value is -8.93. The van der Waals surface area contributed by atoms with Gasteiger partial charge in [0.2, 0.25) is 0 Å². The number of ketones is 4. The molecule has 14 nitrogen and oxygen atoms in total. The van der Waals surface area contributed by atoms with E-state index in [1.807, 2.05) is 91.0 Å². The number of carbonyl (C=O) groups excluding carboxylic acids is 4. The van der Waals surface area contributed by atoms with Crippen molar-refractivity contribution in [2.75, 3.05) is 0 Å². The molecule has 0 fully saturated rings. The molecule has 0 saturated heterocycles. The number of halogens is 24. The fourth-order valence-electron chi connectivity index (χ4n) is 5.66. The van der Waals surface area contributed by atoms with Crippen LogP contribution in [0.2, 0.25) is 0 Å². The molecule has 0 amide bonds. The smallest absolute Gasteiger partial charge is 0.869 e. The van der Waals surface area contributed by atoms with Crippen molar-refractivity contribution in [3.8, 4) is 0 Å². The number of alkyl halides is 24. The molecule has 0 saturated carbocycles. The minimum atomic E-state index is -5.46. The van der Waals surface area contributed by atoms with Gasteiger partial charge in [-0.2, -0.15) is 105 Å². The normalized spacial score (nSPS) is 12.9. The predicted molar refractivity (Wildman–Crippen MR) is 250 cm³/mol. The summed E-state index contributed by atoms with van der Waals surface area (Å²) >= 11 is 0. The second-order valence-electron chi connectivity index (χ2n) is 16.4. The Balaban J connectivity index is 0.000000586. The molecule has 3 heterocycles. The molecule has 8 aromatic rings. The minimum Gasteiger partial charge on any atom is -0.869 e. The molecule has 0 aliphatic carbocycles. The molecule has 2 radical (unpaired) electrons. The molecular formula is C51H24Co2F24N6O8. The number of aromatic nitrogens is 6. The van der Waals surface area contributed by atoms with Gasteiger partial charge in [0.15, 0.2) is 0 Å². The van der Waals surface area contributed by atoms with Crippen LogP contribution < -0.4 is 20.4 Å². The predicted octanol–water partition coefficient (Wildman–Crippen LogP) is 10.7. The Morgan fingerprint density at radius 3 is 0.527 bits per heavy atom. The van der Waals surface area contributed by atoms with Crippen LogP contribution in [0.25, 0.3) is 66.2 Å². The molecular weight excluding hydrogens is 1400 g/mol. The second-order valence-corrected chi connectivity index (χ2v) is 16.4. The summed E-state index contributed by atoms with van der Waals surface area (Å²) < 4.78 is 271. The van der Waals surface area contributed by atoms with Crippen LogP contribution in [0.4, 0.5) is 105 Å². The van der Waals surface area contributed by atoms with Crippen LogP contribution >= 0.6 is 0 Å². The zero-order valence-electron chi connectivity index (χ0n) is 43.3. The van der Waals surface area contributed by atoms with Crippen molar-refractivity contribution in [2.45, 2.75) is 56.3 Å². The van der Waals surface area contributed by atoms with Crippen LogP contribution in [-0.2, 0) is 52.7 Å². The quantitative estimate of drug-likeness (QED) is 0.0524. The average molecular weight is 1420 g/mol. The fourth-order valence-corrected chi connectivity index (χ4v) is 5.66. The summed E-state index contributed by atoms with van der Waals surface area (Å²) in [5.74, 6) is -22.6. The Morgan fingerprint density at radius 2 is 0.418 bits per heavy atom. The maximum absolute atomic E-state index is 11.3. The van der Waals surface area contributed by atoms with Gasteiger partial charge in [-0.05, 0) is 90.7 Å². The molecule has 3 aromatic heterocycles. The van der Waals surface area contributed by atoms with Crippen LogP contribution in [0.5, 0.6) is 0 Å². The molecule has 0 bridgehead atoms. The maximum Gasteiger partial charge on any atom is 2.00 e. The minimum absolute atomic E-state index is 0. The molecule has 5 aromatic carbocycles. The number of fused-ring (bicyclic) bond motifs is 9. The first-order chi connectivity index (χ1) is 40.4. The average Bonchev–Trinajstić information content (AvgIpc) is 0.730. The van der Waals surface area contributed by atoms with E-state index in [4.69, 9.17) is 29.9 Å². The van der Waals surface area contributed by atoms with Crippen LogP contribution in [0.1, 0.15) is 5.56 Å². The Morgan fingerprint density at radius 1 is 0.275 bits per heavy atom. The first-order valence-corrected chi connectivity index (χ1v) is 22.6. The Kier molecular flexibility index (Phi) is 27.5. The summed E-state index contributed by atoms with van der Waals surface area (Å²) in [6.45, 7) is 2.08. The van der Waals surface area contributed by atoms with Gasteiger partial charge in [0.05, 0.1) is 33.1 Å². The number of rotatable bonds is 4. The first kappa shape index (κ1) is 80.1. The van der Waals surface area contributed by atoms with Gasteiger partial charge in [-0.3, -0.25) is 19.2 Å². The van der Waals surface area contributed by atoms with Crippen molar-refractivity contribution in [3.63, 3.8) is 0 Å². The zero-order valence-corrected chi connectivity index (χ0v) is 45.4. The van der Waals surface area contributed by atoms with E-state index >= 15 is 0 Å². The van der Waals surface area contributed by atoms with Crippen molar-refractivity contribution >= 4 is 89.3 Å². The Labute approximate surface area is 508 Å². The summed E-state index contributed by atoms with van der Waals surface area (Å²) in [7, 11) is 0. The molecule has 0 N–H and O–H groups in total. The zero-order chi connectivity index (χ0) is 68.2. The van der Waals surface area contributed by atoms with Crippen molar-refractivity contribution in [1.82, 2.24) is 29.9 Å².